The average Bonchev–Trinajstić information content (AvgIpc) is 2.96. The summed E-state index contributed by atoms with van der Waals surface area (Å²) in [6.07, 6.45) is 3.79. The van der Waals surface area contributed by atoms with Gasteiger partial charge in [0.1, 0.15) is 12.4 Å². The Balaban J connectivity index is 0.00000288. The number of ether oxygens (including phenoxy) is 1. The Kier molecular flexibility index (Phi) is 9.21. The van der Waals surface area contributed by atoms with Crippen LogP contribution >= 0.6 is 24.0 Å². The largest absolute Gasteiger partial charge is 0.492 e. The standard InChI is InChI=1S/C17H25N5O.HI/c1-4-18-17(20-11-15-12-21-22(3)13-15)19-9-10-23-16-7-5-14(2)6-8-16;/h5-8,12-13H,4,9-11H2,1-3H3,(H2,18,19,20);1H. The fourth-order valence-electron chi connectivity index (χ4n) is 2.04. The first kappa shape index (κ1) is 20.3. The Morgan fingerprint density at radius 2 is 2.00 bits per heavy atom. The molecule has 0 spiro atoms. The van der Waals surface area contributed by atoms with Crippen molar-refractivity contribution in [2.24, 2.45) is 12.0 Å². The predicted octanol–water partition coefficient (Wildman–Crippen LogP) is 2.48. The first-order chi connectivity index (χ1) is 11.2. The molecule has 0 fully saturated rings. The van der Waals surface area contributed by atoms with E-state index < -0.39 is 0 Å². The van der Waals surface area contributed by atoms with Crippen molar-refractivity contribution in [2.75, 3.05) is 19.7 Å². The van der Waals surface area contributed by atoms with Crippen LogP contribution in [0.15, 0.2) is 41.7 Å². The molecule has 6 nitrogen and oxygen atoms in total. The molecule has 0 saturated heterocycles. The number of hydrogen-bond acceptors (Lipinski definition) is 3. The molecular weight excluding hydrogens is 417 g/mol. The van der Waals surface area contributed by atoms with Crippen LogP contribution in [-0.2, 0) is 13.6 Å². The third kappa shape index (κ3) is 7.20. The van der Waals surface area contributed by atoms with E-state index in [1.165, 1.54) is 5.56 Å². The van der Waals surface area contributed by atoms with E-state index in [-0.39, 0.29) is 24.0 Å². The van der Waals surface area contributed by atoms with Crippen molar-refractivity contribution in [1.29, 1.82) is 0 Å². The van der Waals surface area contributed by atoms with Crippen molar-refractivity contribution in [3.8, 4) is 5.75 Å². The van der Waals surface area contributed by atoms with Gasteiger partial charge in [-0.05, 0) is 26.0 Å². The summed E-state index contributed by atoms with van der Waals surface area (Å²) in [6.45, 7) is 6.80. The maximum Gasteiger partial charge on any atom is 0.191 e. The Morgan fingerprint density at radius 1 is 1.25 bits per heavy atom. The van der Waals surface area contributed by atoms with Crippen LogP contribution in [0.2, 0.25) is 0 Å². The third-order valence-electron chi connectivity index (χ3n) is 3.21. The molecule has 0 aliphatic heterocycles. The van der Waals surface area contributed by atoms with Gasteiger partial charge in [-0.25, -0.2) is 4.99 Å². The quantitative estimate of drug-likeness (QED) is 0.299. The highest BCUT2D eigenvalue weighted by Crippen LogP contribution is 2.10. The van der Waals surface area contributed by atoms with E-state index >= 15 is 0 Å². The van der Waals surface area contributed by atoms with Gasteiger partial charge in [0.25, 0.3) is 0 Å². The van der Waals surface area contributed by atoms with Gasteiger partial charge < -0.3 is 15.4 Å². The molecule has 0 unspecified atom stereocenters. The molecule has 1 aromatic carbocycles. The molecule has 0 radical (unpaired) electrons. The maximum atomic E-state index is 5.70. The van der Waals surface area contributed by atoms with Gasteiger partial charge in [0.2, 0.25) is 0 Å². The van der Waals surface area contributed by atoms with Crippen molar-refractivity contribution in [1.82, 2.24) is 20.4 Å². The average molecular weight is 443 g/mol. The molecule has 0 atom stereocenters. The minimum absolute atomic E-state index is 0. The molecule has 0 bridgehead atoms. The molecule has 0 aliphatic carbocycles. The van der Waals surface area contributed by atoms with Gasteiger partial charge in [0, 0.05) is 25.4 Å². The van der Waals surface area contributed by atoms with Crippen LogP contribution in [0, 0.1) is 6.92 Å². The normalized spacial score (nSPS) is 10.9. The second-order valence-corrected chi connectivity index (χ2v) is 5.31. The number of rotatable bonds is 7. The van der Waals surface area contributed by atoms with Crippen LogP contribution in [0.4, 0.5) is 0 Å². The minimum atomic E-state index is 0. The topological polar surface area (TPSA) is 63.5 Å². The van der Waals surface area contributed by atoms with Crippen LogP contribution in [0.5, 0.6) is 5.75 Å². The molecule has 2 aromatic rings. The summed E-state index contributed by atoms with van der Waals surface area (Å²) in [5.74, 6) is 1.67. The molecule has 7 heteroatoms. The van der Waals surface area contributed by atoms with Gasteiger partial charge in [-0.1, -0.05) is 17.7 Å². The van der Waals surface area contributed by atoms with Crippen LogP contribution in [0.3, 0.4) is 0 Å². The number of benzene rings is 1. The van der Waals surface area contributed by atoms with E-state index in [4.69, 9.17) is 4.74 Å². The van der Waals surface area contributed by atoms with Gasteiger partial charge in [0.05, 0.1) is 19.3 Å². The lowest BCUT2D eigenvalue weighted by atomic mass is 10.2. The van der Waals surface area contributed by atoms with Gasteiger partial charge in [-0.15, -0.1) is 24.0 Å². The zero-order valence-corrected chi connectivity index (χ0v) is 16.8. The highest BCUT2D eigenvalue weighted by Gasteiger charge is 1.99. The Bertz CT molecular complexity index is 624. The Hall–Kier alpha value is -1.77. The second kappa shape index (κ2) is 10.9. The Labute approximate surface area is 160 Å². The number of aryl methyl sites for hydroxylation is 2. The van der Waals surface area contributed by atoms with Crippen LogP contribution in [-0.4, -0.2) is 35.4 Å². The van der Waals surface area contributed by atoms with Crippen molar-refractivity contribution in [3.05, 3.63) is 47.8 Å². The lowest BCUT2D eigenvalue weighted by molar-refractivity contribution is 0.322. The molecule has 1 aromatic heterocycles. The fourth-order valence-corrected chi connectivity index (χ4v) is 2.04. The highest BCUT2D eigenvalue weighted by atomic mass is 127. The van der Waals surface area contributed by atoms with Crippen molar-refractivity contribution in [3.63, 3.8) is 0 Å². The first-order valence-corrected chi connectivity index (χ1v) is 7.86. The predicted molar refractivity (Wildman–Crippen MR) is 108 cm³/mol. The number of hydrogen-bond donors (Lipinski definition) is 2. The third-order valence-corrected chi connectivity index (χ3v) is 3.21. The summed E-state index contributed by atoms with van der Waals surface area (Å²) in [5, 5.41) is 10.6. The lowest BCUT2D eigenvalue weighted by Gasteiger charge is -2.12. The summed E-state index contributed by atoms with van der Waals surface area (Å²) in [7, 11) is 1.90. The summed E-state index contributed by atoms with van der Waals surface area (Å²) in [4.78, 5) is 4.54. The monoisotopic (exact) mass is 443 g/mol. The van der Waals surface area contributed by atoms with E-state index in [1.54, 1.807) is 4.68 Å². The van der Waals surface area contributed by atoms with Gasteiger partial charge in [-0.3, -0.25) is 4.68 Å². The van der Waals surface area contributed by atoms with E-state index in [1.807, 2.05) is 50.6 Å². The number of aliphatic imine (C=N–C) groups is 1. The highest BCUT2D eigenvalue weighted by molar-refractivity contribution is 14.0. The van der Waals surface area contributed by atoms with Crippen molar-refractivity contribution < 1.29 is 4.74 Å². The molecule has 0 amide bonds. The number of guanidine groups is 1. The van der Waals surface area contributed by atoms with E-state index in [0.717, 1.165) is 23.8 Å². The molecule has 0 aliphatic rings. The SMILES string of the molecule is CCNC(=NCc1cnn(C)c1)NCCOc1ccc(C)cc1.I. The number of halogens is 1. The van der Waals surface area contributed by atoms with Crippen LogP contribution < -0.4 is 15.4 Å². The summed E-state index contributed by atoms with van der Waals surface area (Å²) in [6, 6.07) is 8.05. The molecule has 2 rings (SSSR count). The van der Waals surface area contributed by atoms with Crippen molar-refractivity contribution in [2.45, 2.75) is 20.4 Å². The number of nitrogens with zero attached hydrogens (tertiary/aromatic N) is 3. The Morgan fingerprint density at radius 3 is 2.62 bits per heavy atom. The number of aromatic nitrogens is 2. The summed E-state index contributed by atoms with van der Waals surface area (Å²) in [5.41, 5.74) is 2.31. The first-order valence-electron chi connectivity index (χ1n) is 7.86. The molecule has 1 heterocycles. The van der Waals surface area contributed by atoms with Gasteiger partial charge >= 0.3 is 0 Å². The molecule has 24 heavy (non-hydrogen) atoms. The summed E-state index contributed by atoms with van der Waals surface area (Å²) < 4.78 is 7.48. The van der Waals surface area contributed by atoms with E-state index in [0.29, 0.717) is 19.7 Å². The number of nitrogens with one attached hydrogen (secondary N) is 2. The van der Waals surface area contributed by atoms with E-state index in [9.17, 15) is 0 Å². The second-order valence-electron chi connectivity index (χ2n) is 5.31. The molecule has 0 saturated carbocycles. The minimum Gasteiger partial charge on any atom is -0.492 e. The lowest BCUT2D eigenvalue weighted by Crippen LogP contribution is -2.39. The van der Waals surface area contributed by atoms with Crippen LogP contribution in [0.25, 0.3) is 0 Å². The van der Waals surface area contributed by atoms with Crippen LogP contribution in [0.1, 0.15) is 18.1 Å². The zero-order chi connectivity index (χ0) is 16.5. The van der Waals surface area contributed by atoms with Gasteiger partial charge in [-0.2, -0.15) is 5.10 Å². The van der Waals surface area contributed by atoms with E-state index in [2.05, 4.69) is 27.6 Å². The molecular formula is C17H26IN5O. The maximum absolute atomic E-state index is 5.70. The smallest absolute Gasteiger partial charge is 0.191 e. The molecule has 2 N–H and O–H groups in total. The summed E-state index contributed by atoms with van der Waals surface area (Å²) >= 11 is 0. The van der Waals surface area contributed by atoms with Crippen molar-refractivity contribution >= 4 is 29.9 Å². The van der Waals surface area contributed by atoms with Gasteiger partial charge in [0.15, 0.2) is 5.96 Å². The fraction of sp³-hybridized carbons (Fsp3) is 0.412. The molecule has 132 valence electrons. The zero-order valence-electron chi connectivity index (χ0n) is 14.5.